The van der Waals surface area contributed by atoms with E-state index in [0.717, 1.165) is 13.0 Å². The Labute approximate surface area is 90.7 Å². The summed E-state index contributed by atoms with van der Waals surface area (Å²) in [6.45, 7) is 5.41. The summed E-state index contributed by atoms with van der Waals surface area (Å²) in [6.07, 6.45) is 6.07. The van der Waals surface area contributed by atoms with Crippen molar-refractivity contribution in [2.24, 2.45) is 0 Å². The molecule has 0 heterocycles. The van der Waals surface area contributed by atoms with Crippen molar-refractivity contribution in [1.29, 1.82) is 0 Å². The molecule has 0 saturated carbocycles. The molecule has 0 rings (SSSR count). The second-order valence-corrected chi connectivity index (χ2v) is 3.96. The Morgan fingerprint density at radius 3 is 2.93 bits per heavy atom. The monoisotopic (exact) mass is 216 g/mol. The summed E-state index contributed by atoms with van der Waals surface area (Å²) in [5.41, 5.74) is 0. The fourth-order valence-electron chi connectivity index (χ4n) is 0.949. The molecule has 4 heteroatoms. The number of carbonyl (C=O) groups is 1. The van der Waals surface area contributed by atoms with Gasteiger partial charge in [-0.1, -0.05) is 6.08 Å². The van der Waals surface area contributed by atoms with Crippen molar-refractivity contribution in [3.8, 4) is 0 Å². The van der Waals surface area contributed by atoms with Gasteiger partial charge in [-0.05, 0) is 24.9 Å². The Hall–Kier alpha value is -0.480. The standard InChI is InChI=1S/C10H20N2OS/c1-3-6-11-9-10(13)12-7-4-5-8-14-2/h3,11H,1,4-9H2,2H3,(H,12,13). The first kappa shape index (κ1) is 13.5. The van der Waals surface area contributed by atoms with Crippen molar-refractivity contribution >= 4 is 17.7 Å². The number of amides is 1. The van der Waals surface area contributed by atoms with Gasteiger partial charge in [0.2, 0.25) is 5.91 Å². The third kappa shape index (κ3) is 9.61. The van der Waals surface area contributed by atoms with Crippen molar-refractivity contribution in [2.45, 2.75) is 12.8 Å². The molecule has 0 fully saturated rings. The lowest BCUT2D eigenvalue weighted by molar-refractivity contribution is -0.120. The van der Waals surface area contributed by atoms with E-state index in [1.807, 2.05) is 11.8 Å². The highest BCUT2D eigenvalue weighted by molar-refractivity contribution is 7.98. The van der Waals surface area contributed by atoms with E-state index in [1.165, 1.54) is 12.2 Å². The summed E-state index contributed by atoms with van der Waals surface area (Å²) in [4.78, 5) is 11.1. The number of rotatable bonds is 9. The predicted octanol–water partition coefficient (Wildman–Crippen LogP) is 1.02. The highest BCUT2D eigenvalue weighted by Gasteiger charge is 1.97. The van der Waals surface area contributed by atoms with Gasteiger partial charge in [0, 0.05) is 13.1 Å². The van der Waals surface area contributed by atoms with E-state index in [2.05, 4.69) is 23.5 Å². The molecule has 0 aromatic heterocycles. The number of thioether (sulfide) groups is 1. The van der Waals surface area contributed by atoms with Crippen LogP contribution in [0.5, 0.6) is 0 Å². The fraction of sp³-hybridized carbons (Fsp3) is 0.700. The molecule has 0 aliphatic heterocycles. The average molecular weight is 216 g/mol. The van der Waals surface area contributed by atoms with Gasteiger partial charge in [0.25, 0.3) is 0 Å². The quantitative estimate of drug-likeness (QED) is 0.447. The minimum Gasteiger partial charge on any atom is -0.355 e. The van der Waals surface area contributed by atoms with Crippen molar-refractivity contribution in [3.05, 3.63) is 12.7 Å². The zero-order valence-corrected chi connectivity index (χ0v) is 9.66. The van der Waals surface area contributed by atoms with E-state index in [-0.39, 0.29) is 5.91 Å². The van der Waals surface area contributed by atoms with Crippen LogP contribution in [0.2, 0.25) is 0 Å². The molecule has 0 radical (unpaired) electrons. The molecule has 0 aromatic rings. The highest BCUT2D eigenvalue weighted by atomic mass is 32.2. The van der Waals surface area contributed by atoms with Gasteiger partial charge < -0.3 is 10.6 Å². The van der Waals surface area contributed by atoms with Crippen LogP contribution in [0.3, 0.4) is 0 Å². The molecule has 0 aliphatic rings. The summed E-state index contributed by atoms with van der Waals surface area (Å²) >= 11 is 1.84. The predicted molar refractivity (Wildman–Crippen MR) is 63.7 cm³/mol. The molecule has 0 aromatic carbocycles. The molecule has 3 nitrogen and oxygen atoms in total. The summed E-state index contributed by atoms with van der Waals surface area (Å²) < 4.78 is 0. The van der Waals surface area contributed by atoms with Crippen LogP contribution in [0.15, 0.2) is 12.7 Å². The fourth-order valence-corrected chi connectivity index (χ4v) is 1.44. The average Bonchev–Trinajstić information content (AvgIpc) is 2.18. The summed E-state index contributed by atoms with van der Waals surface area (Å²) in [7, 11) is 0. The molecule has 1 amide bonds. The van der Waals surface area contributed by atoms with Gasteiger partial charge in [-0.15, -0.1) is 6.58 Å². The second-order valence-electron chi connectivity index (χ2n) is 2.97. The maximum atomic E-state index is 11.1. The number of unbranched alkanes of at least 4 members (excludes halogenated alkanes) is 1. The van der Waals surface area contributed by atoms with Crippen LogP contribution in [-0.4, -0.2) is 37.6 Å². The molecule has 0 bridgehead atoms. The Morgan fingerprint density at radius 1 is 1.50 bits per heavy atom. The largest absolute Gasteiger partial charge is 0.355 e. The maximum absolute atomic E-state index is 11.1. The Bertz CT molecular complexity index is 162. The van der Waals surface area contributed by atoms with E-state index in [4.69, 9.17) is 0 Å². The smallest absolute Gasteiger partial charge is 0.233 e. The maximum Gasteiger partial charge on any atom is 0.233 e. The van der Waals surface area contributed by atoms with Crippen LogP contribution in [0.25, 0.3) is 0 Å². The lowest BCUT2D eigenvalue weighted by Crippen LogP contribution is -2.34. The van der Waals surface area contributed by atoms with E-state index in [0.29, 0.717) is 13.1 Å². The van der Waals surface area contributed by atoms with Gasteiger partial charge in [0.05, 0.1) is 6.54 Å². The minimum absolute atomic E-state index is 0.0657. The van der Waals surface area contributed by atoms with Gasteiger partial charge >= 0.3 is 0 Å². The molecule has 0 aliphatic carbocycles. The Morgan fingerprint density at radius 2 is 2.29 bits per heavy atom. The van der Waals surface area contributed by atoms with Crippen molar-refractivity contribution in [3.63, 3.8) is 0 Å². The van der Waals surface area contributed by atoms with E-state index in [9.17, 15) is 4.79 Å². The van der Waals surface area contributed by atoms with Crippen LogP contribution in [0.1, 0.15) is 12.8 Å². The highest BCUT2D eigenvalue weighted by Crippen LogP contribution is 1.97. The molecular formula is C10H20N2OS. The van der Waals surface area contributed by atoms with Crippen molar-refractivity contribution < 1.29 is 4.79 Å². The van der Waals surface area contributed by atoms with Crippen LogP contribution in [0, 0.1) is 0 Å². The van der Waals surface area contributed by atoms with Gasteiger partial charge in [0.15, 0.2) is 0 Å². The summed E-state index contributed by atoms with van der Waals surface area (Å²) in [6, 6.07) is 0. The van der Waals surface area contributed by atoms with Gasteiger partial charge in [0.1, 0.15) is 0 Å². The molecule has 2 N–H and O–H groups in total. The molecule has 0 unspecified atom stereocenters. The number of nitrogens with one attached hydrogen (secondary N) is 2. The molecular weight excluding hydrogens is 196 g/mol. The normalized spacial score (nSPS) is 9.79. The van der Waals surface area contributed by atoms with E-state index >= 15 is 0 Å². The van der Waals surface area contributed by atoms with E-state index < -0.39 is 0 Å². The van der Waals surface area contributed by atoms with Crippen LogP contribution in [-0.2, 0) is 4.79 Å². The first-order chi connectivity index (χ1) is 6.81. The van der Waals surface area contributed by atoms with Crippen LogP contribution in [0.4, 0.5) is 0 Å². The number of carbonyl (C=O) groups excluding carboxylic acids is 1. The van der Waals surface area contributed by atoms with Crippen molar-refractivity contribution in [1.82, 2.24) is 10.6 Å². The zero-order valence-electron chi connectivity index (χ0n) is 8.84. The van der Waals surface area contributed by atoms with Crippen LogP contribution < -0.4 is 10.6 Å². The molecule has 0 spiro atoms. The van der Waals surface area contributed by atoms with E-state index in [1.54, 1.807) is 6.08 Å². The minimum atomic E-state index is 0.0657. The molecule has 0 atom stereocenters. The first-order valence-corrected chi connectivity index (χ1v) is 6.28. The number of hydrogen-bond acceptors (Lipinski definition) is 3. The third-order valence-electron chi connectivity index (χ3n) is 1.67. The topological polar surface area (TPSA) is 41.1 Å². The third-order valence-corrected chi connectivity index (χ3v) is 2.37. The Kier molecular flexibility index (Phi) is 10.2. The van der Waals surface area contributed by atoms with Gasteiger partial charge in [-0.3, -0.25) is 4.79 Å². The Balaban J connectivity index is 3.14. The summed E-state index contributed by atoms with van der Waals surface area (Å²) in [5.74, 6) is 1.24. The van der Waals surface area contributed by atoms with Crippen molar-refractivity contribution in [2.75, 3.05) is 31.6 Å². The molecule has 14 heavy (non-hydrogen) atoms. The summed E-state index contributed by atoms with van der Waals surface area (Å²) in [5, 5.41) is 5.81. The zero-order chi connectivity index (χ0) is 10.6. The van der Waals surface area contributed by atoms with Gasteiger partial charge in [-0.25, -0.2) is 0 Å². The lowest BCUT2D eigenvalue weighted by Gasteiger charge is -2.04. The first-order valence-electron chi connectivity index (χ1n) is 4.88. The molecule has 82 valence electrons. The number of hydrogen-bond donors (Lipinski definition) is 2. The SMILES string of the molecule is C=CCNCC(=O)NCCCCSC. The van der Waals surface area contributed by atoms with Gasteiger partial charge in [-0.2, -0.15) is 11.8 Å². The second kappa shape index (κ2) is 10.6. The lowest BCUT2D eigenvalue weighted by atomic mass is 10.3. The van der Waals surface area contributed by atoms with Crippen LogP contribution >= 0.6 is 11.8 Å². The molecule has 0 saturated heterocycles.